The Labute approximate surface area is 153 Å². The number of unbranched alkanes of at least 4 members (excludes halogenated alkanes) is 1. The van der Waals surface area contributed by atoms with E-state index >= 15 is 0 Å². The van der Waals surface area contributed by atoms with Crippen LogP contribution in [0.2, 0.25) is 0 Å². The van der Waals surface area contributed by atoms with Crippen LogP contribution in [0.1, 0.15) is 58.0 Å². The molecule has 2 heterocycles. The Hall–Kier alpha value is -2.70. The fourth-order valence-electron chi connectivity index (χ4n) is 2.90. The summed E-state index contributed by atoms with van der Waals surface area (Å²) < 4.78 is 4.65. The van der Waals surface area contributed by atoms with Gasteiger partial charge in [0.15, 0.2) is 17.5 Å². The number of esters is 1. The van der Waals surface area contributed by atoms with Crippen LogP contribution in [0.5, 0.6) is 0 Å². The van der Waals surface area contributed by atoms with Crippen molar-refractivity contribution in [2.24, 2.45) is 0 Å². The van der Waals surface area contributed by atoms with Crippen LogP contribution in [0.25, 0.3) is 0 Å². The number of aromatic nitrogens is 2. The van der Waals surface area contributed by atoms with Crippen LogP contribution in [0.4, 0.5) is 0 Å². The maximum absolute atomic E-state index is 12.3. The van der Waals surface area contributed by atoms with Crippen LogP contribution < -0.4 is 5.32 Å². The monoisotopic (exact) mass is 384 g/mol. The Bertz CT molecular complexity index is 756. The molecule has 4 N–H and O–H groups in total. The van der Waals surface area contributed by atoms with E-state index in [0.717, 1.165) is 13.5 Å². The van der Waals surface area contributed by atoms with Crippen molar-refractivity contribution in [1.29, 1.82) is 0 Å². The highest BCUT2D eigenvalue weighted by atomic mass is 16.7. The first kappa shape index (κ1) is 20.6. The third-order valence-electron chi connectivity index (χ3n) is 4.31. The summed E-state index contributed by atoms with van der Waals surface area (Å²) in [6.07, 6.45) is -4.62. The van der Waals surface area contributed by atoms with Gasteiger partial charge in [0.25, 0.3) is 5.91 Å². The lowest BCUT2D eigenvalue weighted by atomic mass is 9.86. The number of aliphatic hydroxyl groups excluding tert-OH is 3. The average molecular weight is 384 g/mol. The lowest BCUT2D eigenvalue weighted by Gasteiger charge is -2.34. The topological polar surface area (TPSA) is 185 Å². The predicted molar refractivity (Wildman–Crippen MR) is 87.2 cm³/mol. The second kappa shape index (κ2) is 8.33. The number of nitrogens with zero attached hydrogens (tertiary/aromatic N) is 3. The molecular weight excluding hydrogens is 364 g/mol. The van der Waals surface area contributed by atoms with Gasteiger partial charge >= 0.3 is 12.2 Å². The first-order chi connectivity index (χ1) is 12.7. The van der Waals surface area contributed by atoms with E-state index in [9.17, 15) is 35.0 Å². The summed E-state index contributed by atoms with van der Waals surface area (Å²) in [5, 5.41) is 50.5. The summed E-state index contributed by atoms with van der Waals surface area (Å²) in [5.74, 6) is -1.67. The van der Waals surface area contributed by atoms with Gasteiger partial charge in [0.2, 0.25) is 0 Å². The van der Waals surface area contributed by atoms with E-state index < -0.39 is 41.3 Å². The molecule has 0 saturated carbocycles. The van der Waals surface area contributed by atoms with E-state index in [2.05, 4.69) is 20.3 Å². The zero-order valence-corrected chi connectivity index (χ0v) is 14.7. The molecule has 0 fully saturated rings. The van der Waals surface area contributed by atoms with Gasteiger partial charge in [0.1, 0.15) is 6.10 Å². The molecule has 12 nitrogen and oxygen atoms in total. The minimum absolute atomic E-state index is 0.0674. The molecule has 1 aliphatic heterocycles. The summed E-state index contributed by atoms with van der Waals surface area (Å²) in [7, 11) is 1.14. The van der Waals surface area contributed by atoms with Crippen LogP contribution in [0, 0.1) is 10.1 Å². The molecule has 12 heteroatoms. The molecule has 27 heavy (non-hydrogen) atoms. The Balaban J connectivity index is 2.58. The number of hydrogen-bond donors (Lipinski definition) is 4. The molecular formula is C15H20N4O8. The maximum atomic E-state index is 12.3. The maximum Gasteiger partial charge on any atom is 0.358 e. The van der Waals surface area contributed by atoms with Gasteiger partial charge < -0.3 is 25.4 Å². The number of amides is 1. The average Bonchev–Trinajstić information content (AvgIpc) is 2.66. The van der Waals surface area contributed by atoms with Crippen LogP contribution in [-0.2, 0) is 11.2 Å². The fourth-order valence-corrected chi connectivity index (χ4v) is 2.90. The van der Waals surface area contributed by atoms with Gasteiger partial charge in [-0.2, -0.15) is 0 Å². The molecule has 0 aromatic carbocycles. The predicted octanol–water partition coefficient (Wildman–Crippen LogP) is -1.29. The number of nitrogens with one attached hydrogen (secondary N) is 1. The van der Waals surface area contributed by atoms with Gasteiger partial charge in [-0.15, -0.1) is 10.2 Å². The molecule has 1 aromatic rings. The lowest BCUT2D eigenvalue weighted by Crippen LogP contribution is -2.56. The highest BCUT2D eigenvalue weighted by Gasteiger charge is 2.46. The summed E-state index contributed by atoms with van der Waals surface area (Å²) in [6.45, 7) is 1.89. The summed E-state index contributed by atoms with van der Waals surface area (Å²) in [5.41, 5.74) is -0.312. The minimum atomic E-state index is -2.43. The van der Waals surface area contributed by atoms with Crippen LogP contribution >= 0.6 is 0 Å². The molecule has 0 bridgehead atoms. The van der Waals surface area contributed by atoms with Crippen LogP contribution in [0.3, 0.4) is 0 Å². The van der Waals surface area contributed by atoms with E-state index in [4.69, 9.17) is 0 Å². The van der Waals surface area contributed by atoms with Crippen molar-refractivity contribution in [3.05, 3.63) is 32.6 Å². The second-order valence-electron chi connectivity index (χ2n) is 6.02. The molecule has 0 saturated heterocycles. The molecule has 1 aliphatic rings. The van der Waals surface area contributed by atoms with Crippen LogP contribution in [0.15, 0.2) is 0 Å². The lowest BCUT2D eigenvalue weighted by molar-refractivity contribution is -0.584. The second-order valence-corrected chi connectivity index (χ2v) is 6.02. The number of carbonyl (C=O) groups excluding carboxylic acids is 2. The summed E-state index contributed by atoms with van der Waals surface area (Å²) in [6, 6.07) is -1.58. The van der Waals surface area contributed by atoms with E-state index in [1.165, 1.54) is 0 Å². The van der Waals surface area contributed by atoms with Crippen molar-refractivity contribution >= 4 is 11.9 Å². The largest absolute Gasteiger partial charge is 0.464 e. The highest BCUT2D eigenvalue weighted by Crippen LogP contribution is 2.32. The standard InChI is InChI=1S/C15H20N4O8/c1-3-4-5-6-7-9(18-17-8(6)15(24)27-2)13(22)16-10(11(7)20)12(21)14(23)19(25)26/h10-12,14,20-21,23H,3-5H2,1-2H3,(H,16,22). The molecule has 4 atom stereocenters. The van der Waals surface area contributed by atoms with Gasteiger partial charge in [0, 0.05) is 5.56 Å². The van der Waals surface area contributed by atoms with E-state index in [0.29, 0.717) is 6.42 Å². The quantitative estimate of drug-likeness (QED) is 0.191. The Morgan fingerprint density at radius 3 is 2.63 bits per heavy atom. The number of aliphatic hydroxyl groups is 3. The van der Waals surface area contributed by atoms with Crippen molar-refractivity contribution in [2.75, 3.05) is 7.11 Å². The Kier molecular flexibility index (Phi) is 6.36. The van der Waals surface area contributed by atoms with Gasteiger partial charge in [0.05, 0.1) is 18.1 Å². The molecule has 148 valence electrons. The van der Waals surface area contributed by atoms with Gasteiger partial charge in [-0.25, -0.2) is 4.79 Å². The third-order valence-corrected chi connectivity index (χ3v) is 4.31. The zero-order chi connectivity index (χ0) is 20.3. The SMILES string of the molecule is CCCCc1c(C(=O)OC)nnc2c1C(O)C(C(O)C(O)[N+](=O)[O-])NC2=O. The van der Waals surface area contributed by atoms with Gasteiger partial charge in [-0.05, 0) is 18.4 Å². The van der Waals surface area contributed by atoms with Gasteiger partial charge in [-0.3, -0.25) is 14.9 Å². The van der Waals surface area contributed by atoms with Gasteiger partial charge in [-0.1, -0.05) is 13.3 Å². The number of fused-ring (bicyclic) bond motifs is 1. The van der Waals surface area contributed by atoms with Crippen molar-refractivity contribution in [1.82, 2.24) is 15.5 Å². The summed E-state index contributed by atoms with van der Waals surface area (Å²) in [4.78, 5) is 33.9. The van der Waals surface area contributed by atoms with E-state index in [-0.39, 0.29) is 28.9 Å². The molecule has 0 radical (unpaired) electrons. The Morgan fingerprint density at radius 2 is 2.07 bits per heavy atom. The first-order valence-electron chi connectivity index (χ1n) is 8.20. The van der Waals surface area contributed by atoms with Crippen molar-refractivity contribution in [2.45, 2.75) is 50.7 Å². The fraction of sp³-hybridized carbons (Fsp3) is 0.600. The normalized spacial score (nSPS) is 21.0. The van der Waals surface area contributed by atoms with Crippen molar-refractivity contribution < 1.29 is 34.6 Å². The molecule has 2 rings (SSSR count). The molecule has 1 amide bonds. The van der Waals surface area contributed by atoms with Crippen molar-refractivity contribution in [3.8, 4) is 0 Å². The highest BCUT2D eigenvalue weighted by molar-refractivity contribution is 5.97. The number of carbonyl (C=O) groups is 2. The minimum Gasteiger partial charge on any atom is -0.464 e. The molecule has 0 spiro atoms. The number of rotatable bonds is 7. The Morgan fingerprint density at radius 1 is 1.41 bits per heavy atom. The van der Waals surface area contributed by atoms with Crippen molar-refractivity contribution in [3.63, 3.8) is 0 Å². The van der Waals surface area contributed by atoms with E-state index in [1.54, 1.807) is 0 Å². The van der Waals surface area contributed by atoms with E-state index in [1.807, 2.05) is 6.92 Å². The summed E-state index contributed by atoms with van der Waals surface area (Å²) >= 11 is 0. The third kappa shape index (κ3) is 3.86. The zero-order valence-electron chi connectivity index (χ0n) is 14.7. The number of hydrogen-bond acceptors (Lipinski definition) is 10. The molecule has 1 aromatic heterocycles. The molecule has 4 unspecified atom stereocenters. The number of nitro groups is 1. The van der Waals surface area contributed by atoms with Crippen LogP contribution in [-0.4, -0.2) is 67.8 Å². The number of ether oxygens (including phenoxy) is 1. The molecule has 0 aliphatic carbocycles. The smallest absolute Gasteiger partial charge is 0.358 e. The first-order valence-corrected chi connectivity index (χ1v) is 8.20. The number of methoxy groups -OCH3 is 1.